The first-order valence-corrected chi connectivity index (χ1v) is 7.99. The van der Waals surface area contributed by atoms with E-state index < -0.39 is 13.4 Å². The zero-order chi connectivity index (χ0) is 18.2. The van der Waals surface area contributed by atoms with Crippen molar-refractivity contribution in [2.45, 2.75) is 0 Å². The van der Waals surface area contributed by atoms with Gasteiger partial charge in [-0.25, -0.2) is 9.97 Å². The van der Waals surface area contributed by atoms with Crippen molar-refractivity contribution in [1.29, 1.82) is 0 Å². The van der Waals surface area contributed by atoms with Crippen molar-refractivity contribution in [3.05, 3.63) is 0 Å². The third kappa shape index (κ3) is 12.3. The zero-order valence-electron chi connectivity index (χ0n) is 11.3. The molecule has 0 saturated heterocycles. The third-order valence-corrected chi connectivity index (χ3v) is 1.45. The summed E-state index contributed by atoms with van der Waals surface area (Å²) in [5.41, 5.74) is 31.1. The first kappa shape index (κ1) is 19.9. The second kappa shape index (κ2) is 8.34. The predicted molar refractivity (Wildman–Crippen MR) is 70.8 cm³/mol. The molecule has 0 spiro atoms. The molecule has 2 heterocycles. The van der Waals surface area contributed by atoms with Gasteiger partial charge in [0.2, 0.25) is 0 Å². The van der Waals surface area contributed by atoms with E-state index in [-0.39, 0.29) is 35.7 Å². The van der Waals surface area contributed by atoms with Crippen LogP contribution in [0.3, 0.4) is 0 Å². The molecule has 0 amide bonds. The Balaban J connectivity index is 0.000000332. The van der Waals surface area contributed by atoms with Gasteiger partial charge in [0.1, 0.15) is 0 Å². The summed E-state index contributed by atoms with van der Waals surface area (Å²) in [5, 5.41) is 0. The summed E-state index contributed by atoms with van der Waals surface area (Å²) in [6.07, 6.45) is 0. The number of H-pyrrole nitrogens is 2. The van der Waals surface area contributed by atoms with Crippen molar-refractivity contribution in [1.82, 2.24) is 19.9 Å². The van der Waals surface area contributed by atoms with Gasteiger partial charge >= 0.3 is 65.1 Å². The summed E-state index contributed by atoms with van der Waals surface area (Å²) in [5.74, 6) is 0.813. The van der Waals surface area contributed by atoms with E-state index >= 15 is 0 Å². The van der Waals surface area contributed by atoms with E-state index in [1.54, 1.807) is 0 Å². The van der Waals surface area contributed by atoms with Crippen LogP contribution in [0.15, 0.2) is 0 Å². The molecular formula is C6H14N12O4Se. The number of nitrogens with two attached hydrogens (primary N) is 6. The normalized spacial score (nSPS) is 9.83. The molecule has 0 saturated carbocycles. The van der Waals surface area contributed by atoms with Crippen LogP contribution < -0.4 is 52.7 Å². The Labute approximate surface area is 130 Å². The van der Waals surface area contributed by atoms with Gasteiger partial charge in [-0.3, -0.25) is 0 Å². The Morgan fingerprint density at radius 3 is 0.957 bits per heavy atom. The minimum atomic E-state index is -5.75. The number of nitrogens with zero attached hydrogens (tertiary/aromatic N) is 4. The van der Waals surface area contributed by atoms with E-state index in [9.17, 15) is 0 Å². The first-order valence-electron chi connectivity index (χ1n) is 5.19. The Kier molecular flexibility index (Phi) is 7.20. The van der Waals surface area contributed by atoms with Crippen molar-refractivity contribution in [3.63, 3.8) is 0 Å². The summed E-state index contributed by atoms with van der Waals surface area (Å²) in [4.78, 5) is 19.1. The van der Waals surface area contributed by atoms with Crippen LogP contribution in [0.5, 0.6) is 0 Å². The molecule has 16 nitrogen and oxygen atoms in total. The third-order valence-electron chi connectivity index (χ3n) is 1.45. The second-order valence-corrected chi connectivity index (χ2v) is 5.08. The van der Waals surface area contributed by atoms with Gasteiger partial charge < -0.3 is 34.4 Å². The van der Waals surface area contributed by atoms with Gasteiger partial charge in [-0.05, 0) is 0 Å². The average molecular weight is 397 g/mol. The molecule has 0 unspecified atom stereocenters. The number of nitrogens with one attached hydrogen (secondary N) is 2. The summed E-state index contributed by atoms with van der Waals surface area (Å²) < 4.78 is 34.4. The SMILES string of the molecule is Nc1nc(N)[nH+]c(N)n1.Nc1nc(N)[nH+]c(N)n1.O=[Se](=O)([O-])[O-]. The van der Waals surface area contributed by atoms with E-state index in [1.807, 2.05) is 0 Å². The standard InChI is InChI=1S/2C3H6N6.H2O4Se/c2*4-1-7-2(5)9-3(6)8-1;1-5(2,3)4/h2*(H6,4,5,6,7,8,9);(H2,1,2,3,4). The van der Waals surface area contributed by atoms with Crippen LogP contribution in [0.2, 0.25) is 0 Å². The number of aromatic nitrogens is 6. The monoisotopic (exact) mass is 398 g/mol. The van der Waals surface area contributed by atoms with Crippen LogP contribution in [0.25, 0.3) is 0 Å². The molecule has 14 N–H and O–H groups in total. The van der Waals surface area contributed by atoms with Crippen molar-refractivity contribution in [2.24, 2.45) is 0 Å². The Morgan fingerprint density at radius 1 is 0.652 bits per heavy atom. The molecule has 0 atom stereocenters. The van der Waals surface area contributed by atoms with E-state index in [1.165, 1.54) is 0 Å². The van der Waals surface area contributed by atoms with Crippen molar-refractivity contribution in [2.75, 3.05) is 34.4 Å². The van der Waals surface area contributed by atoms with Crippen LogP contribution >= 0.6 is 0 Å². The zero-order valence-corrected chi connectivity index (χ0v) is 13.0. The van der Waals surface area contributed by atoms with E-state index in [0.29, 0.717) is 0 Å². The molecule has 23 heavy (non-hydrogen) atoms. The van der Waals surface area contributed by atoms with Crippen LogP contribution in [0.4, 0.5) is 35.7 Å². The number of nitrogen functional groups attached to an aromatic ring is 6. The fourth-order valence-corrected chi connectivity index (χ4v) is 0.918. The number of hydrogen-bond acceptors (Lipinski definition) is 14. The van der Waals surface area contributed by atoms with Gasteiger partial charge in [-0.2, -0.15) is 0 Å². The molecule has 0 bridgehead atoms. The Hall–Kier alpha value is -3.14. The molecule has 0 fully saturated rings. The fraction of sp³-hybridized carbons (Fsp3) is 0. The maximum absolute atomic E-state index is 8.59. The van der Waals surface area contributed by atoms with Crippen LogP contribution in [0, 0.1) is 0 Å². The summed E-state index contributed by atoms with van der Waals surface area (Å²) in [6, 6.07) is 0. The quantitative estimate of drug-likeness (QED) is 0.225. The number of hydrogen-bond donors (Lipinski definition) is 6. The summed E-state index contributed by atoms with van der Waals surface area (Å²) >= 11 is -5.75. The first-order chi connectivity index (χ1) is 10.4. The molecule has 0 radical (unpaired) electrons. The molecule has 0 aliphatic rings. The van der Waals surface area contributed by atoms with Gasteiger partial charge in [0.25, 0.3) is 0 Å². The number of rotatable bonds is 0. The second-order valence-electron chi connectivity index (χ2n) is 3.36. The van der Waals surface area contributed by atoms with Gasteiger partial charge in [-0.1, -0.05) is 19.9 Å². The molecule has 17 heteroatoms. The number of aromatic amines is 2. The predicted octanol–water partition coefficient (Wildman–Crippen LogP) is -6.92. The summed E-state index contributed by atoms with van der Waals surface area (Å²) in [7, 11) is 0. The van der Waals surface area contributed by atoms with Crippen LogP contribution in [-0.4, -0.2) is 33.3 Å². The average Bonchev–Trinajstić information content (AvgIpc) is 2.22. The van der Waals surface area contributed by atoms with E-state index in [2.05, 4.69) is 29.9 Å². The molecule has 2 aromatic rings. The van der Waals surface area contributed by atoms with Crippen LogP contribution in [0.1, 0.15) is 0 Å². The minimum absolute atomic E-state index is 0.0729. The molecule has 0 aromatic carbocycles. The van der Waals surface area contributed by atoms with Crippen molar-refractivity contribution >= 4 is 49.1 Å². The van der Waals surface area contributed by atoms with Gasteiger partial charge in [-0.15, -0.1) is 0 Å². The summed E-state index contributed by atoms with van der Waals surface area (Å²) in [6.45, 7) is 0. The van der Waals surface area contributed by atoms with Gasteiger partial charge in [0.15, 0.2) is 0 Å². The molecule has 0 aliphatic carbocycles. The maximum atomic E-state index is 8.59. The van der Waals surface area contributed by atoms with Crippen LogP contribution in [-0.2, 0) is 7.67 Å². The molecule has 128 valence electrons. The Morgan fingerprint density at radius 2 is 0.826 bits per heavy atom. The fourth-order valence-electron chi connectivity index (χ4n) is 0.918. The molecule has 0 aliphatic heterocycles. The van der Waals surface area contributed by atoms with Gasteiger partial charge in [0.05, 0.1) is 0 Å². The van der Waals surface area contributed by atoms with Gasteiger partial charge in [0, 0.05) is 0 Å². The van der Waals surface area contributed by atoms with Crippen molar-refractivity contribution in [3.8, 4) is 0 Å². The topological polar surface area (TPSA) is 316 Å². The molecule has 2 aromatic heterocycles. The Bertz CT molecular complexity index is 593. The van der Waals surface area contributed by atoms with Crippen molar-refractivity contribution < 1.29 is 26.0 Å². The van der Waals surface area contributed by atoms with E-state index in [4.69, 9.17) is 50.4 Å². The van der Waals surface area contributed by atoms with E-state index in [0.717, 1.165) is 0 Å². The molecular weight excluding hydrogens is 383 g/mol. The number of anilines is 6. The molecule has 2 rings (SSSR count).